The Balaban J connectivity index is 0.00000261. The average Bonchev–Trinajstić information content (AvgIpc) is 3.03. The summed E-state index contributed by atoms with van der Waals surface area (Å²) in [4.78, 5) is 13.1. The predicted octanol–water partition coefficient (Wildman–Crippen LogP) is 2.07. The highest BCUT2D eigenvalue weighted by Gasteiger charge is 2.21. The van der Waals surface area contributed by atoms with Crippen LogP contribution in [-0.4, -0.2) is 45.4 Å². The van der Waals surface area contributed by atoms with E-state index in [4.69, 9.17) is 4.74 Å². The fraction of sp³-hybridized carbons (Fsp3) is 0.556. The maximum absolute atomic E-state index is 5.51. The molecule has 0 radical (unpaired) electrons. The predicted molar refractivity (Wildman–Crippen MR) is 116 cm³/mol. The Hall–Kier alpha value is -1.91. The van der Waals surface area contributed by atoms with E-state index in [2.05, 4.69) is 37.6 Å². The molecule has 0 bridgehead atoms. The van der Waals surface area contributed by atoms with Gasteiger partial charge >= 0.3 is 0 Å². The molecule has 27 heavy (non-hydrogen) atoms. The first kappa shape index (κ1) is 21.4. The van der Waals surface area contributed by atoms with Gasteiger partial charge < -0.3 is 15.4 Å². The van der Waals surface area contributed by atoms with Gasteiger partial charge in [0.05, 0.1) is 13.2 Å². The topological polar surface area (TPSA) is 89.3 Å². The first-order valence-corrected chi connectivity index (χ1v) is 9.13. The molecule has 1 unspecified atom stereocenters. The number of aromatic nitrogens is 4. The summed E-state index contributed by atoms with van der Waals surface area (Å²) >= 11 is 0. The van der Waals surface area contributed by atoms with Crippen molar-refractivity contribution in [2.75, 3.05) is 13.7 Å². The van der Waals surface area contributed by atoms with Gasteiger partial charge in [-0.3, -0.25) is 4.99 Å². The molecule has 0 aliphatic carbocycles. The lowest BCUT2D eigenvalue weighted by Gasteiger charge is -2.25. The summed E-state index contributed by atoms with van der Waals surface area (Å²) in [5.41, 5.74) is 1.08. The third kappa shape index (κ3) is 6.05. The molecule has 2 N–H and O–H groups in total. The Morgan fingerprint density at radius 3 is 2.96 bits per heavy atom. The monoisotopic (exact) mass is 485 g/mol. The van der Waals surface area contributed by atoms with Gasteiger partial charge in [0.2, 0.25) is 5.88 Å². The Kier molecular flexibility index (Phi) is 8.26. The summed E-state index contributed by atoms with van der Waals surface area (Å²) in [5, 5.41) is 11.3. The smallest absolute Gasteiger partial charge is 0.213 e. The Morgan fingerprint density at radius 2 is 2.26 bits per heavy atom. The van der Waals surface area contributed by atoms with Gasteiger partial charge in [0.25, 0.3) is 0 Å². The molecular weight excluding hydrogens is 457 g/mol. The van der Waals surface area contributed by atoms with E-state index in [1.807, 2.05) is 29.9 Å². The van der Waals surface area contributed by atoms with Crippen molar-refractivity contribution < 1.29 is 4.74 Å². The Labute approximate surface area is 177 Å². The third-order valence-electron chi connectivity index (χ3n) is 4.24. The number of ether oxygens (including phenoxy) is 1. The largest absolute Gasteiger partial charge is 0.478 e. The van der Waals surface area contributed by atoms with Crippen molar-refractivity contribution in [1.29, 1.82) is 0 Å². The molecule has 8 nitrogen and oxygen atoms in total. The molecule has 1 atom stereocenters. The fourth-order valence-electron chi connectivity index (χ4n) is 2.93. The lowest BCUT2D eigenvalue weighted by Crippen LogP contribution is -2.46. The number of aliphatic imine (C=N–C) groups is 1. The van der Waals surface area contributed by atoms with Crippen molar-refractivity contribution >= 4 is 29.9 Å². The van der Waals surface area contributed by atoms with Crippen molar-refractivity contribution in [2.24, 2.45) is 4.99 Å². The minimum atomic E-state index is 0. The number of nitrogens with one attached hydrogen (secondary N) is 2. The molecule has 0 fully saturated rings. The van der Waals surface area contributed by atoms with E-state index in [0.29, 0.717) is 19.0 Å². The minimum absolute atomic E-state index is 0. The van der Waals surface area contributed by atoms with Crippen molar-refractivity contribution in [3.05, 3.63) is 35.5 Å². The summed E-state index contributed by atoms with van der Waals surface area (Å²) in [6.07, 6.45) is 4.75. The van der Waals surface area contributed by atoms with E-state index in [-0.39, 0.29) is 30.0 Å². The molecule has 1 aliphatic heterocycles. The molecule has 0 saturated heterocycles. The van der Waals surface area contributed by atoms with Gasteiger partial charge in [0, 0.05) is 38.3 Å². The zero-order chi connectivity index (χ0) is 18.4. The molecule has 1 aliphatic rings. The normalized spacial score (nSPS) is 16.3. The van der Waals surface area contributed by atoms with Crippen LogP contribution in [0.15, 0.2) is 23.3 Å². The van der Waals surface area contributed by atoms with Crippen molar-refractivity contribution in [2.45, 2.75) is 52.2 Å². The van der Waals surface area contributed by atoms with Crippen LogP contribution in [0.2, 0.25) is 0 Å². The van der Waals surface area contributed by atoms with Crippen molar-refractivity contribution in [3.8, 4) is 5.88 Å². The summed E-state index contributed by atoms with van der Waals surface area (Å²) in [6.45, 7) is 6.16. The average molecular weight is 485 g/mol. The molecule has 0 aromatic carbocycles. The number of hydrogen-bond donors (Lipinski definition) is 2. The Bertz CT molecular complexity index is 745. The van der Waals surface area contributed by atoms with E-state index in [1.54, 1.807) is 7.05 Å². The molecule has 3 rings (SSSR count). The van der Waals surface area contributed by atoms with E-state index in [0.717, 1.165) is 49.0 Å². The summed E-state index contributed by atoms with van der Waals surface area (Å²) in [7, 11) is 1.78. The standard InChI is InChI=1S/C18H27N7O.HI/c1-4-9-26-17-8-5-14(10-20-17)11-21-18(19-3)23-15-6-7-16-22-13(2)24-25(16)12-15;/h5,8,10,15H,4,6-7,9,11-12H2,1-3H3,(H2,19,21,23);1H. The minimum Gasteiger partial charge on any atom is -0.478 e. The highest BCUT2D eigenvalue weighted by molar-refractivity contribution is 14.0. The van der Waals surface area contributed by atoms with Crippen molar-refractivity contribution in [1.82, 2.24) is 30.4 Å². The number of aryl methyl sites for hydroxylation is 2. The molecule has 2 aromatic rings. The third-order valence-corrected chi connectivity index (χ3v) is 4.24. The summed E-state index contributed by atoms with van der Waals surface area (Å²) in [6, 6.07) is 4.21. The number of halogens is 1. The fourth-order valence-corrected chi connectivity index (χ4v) is 2.93. The first-order valence-electron chi connectivity index (χ1n) is 9.13. The van der Waals surface area contributed by atoms with Crippen LogP contribution in [0.5, 0.6) is 5.88 Å². The second-order valence-electron chi connectivity index (χ2n) is 6.42. The van der Waals surface area contributed by atoms with Crippen LogP contribution in [0.1, 0.15) is 37.0 Å². The van der Waals surface area contributed by atoms with E-state index in [9.17, 15) is 0 Å². The van der Waals surface area contributed by atoms with Crippen LogP contribution in [0.3, 0.4) is 0 Å². The van der Waals surface area contributed by atoms with E-state index >= 15 is 0 Å². The zero-order valence-electron chi connectivity index (χ0n) is 16.1. The van der Waals surface area contributed by atoms with Crippen LogP contribution in [0.25, 0.3) is 0 Å². The molecular formula is C18H28IN7O. The van der Waals surface area contributed by atoms with Crippen LogP contribution in [0.4, 0.5) is 0 Å². The van der Waals surface area contributed by atoms with Crippen LogP contribution in [-0.2, 0) is 19.5 Å². The second-order valence-corrected chi connectivity index (χ2v) is 6.42. The van der Waals surface area contributed by atoms with Gasteiger partial charge in [-0.2, -0.15) is 5.10 Å². The number of hydrogen-bond acceptors (Lipinski definition) is 5. The first-order chi connectivity index (χ1) is 12.7. The molecule has 9 heteroatoms. The number of pyridine rings is 1. The quantitative estimate of drug-likeness (QED) is 0.370. The van der Waals surface area contributed by atoms with Crippen LogP contribution < -0.4 is 15.4 Å². The zero-order valence-corrected chi connectivity index (χ0v) is 18.4. The van der Waals surface area contributed by atoms with Gasteiger partial charge in [0.1, 0.15) is 11.6 Å². The highest BCUT2D eigenvalue weighted by Crippen LogP contribution is 2.13. The van der Waals surface area contributed by atoms with E-state index in [1.165, 1.54) is 0 Å². The maximum Gasteiger partial charge on any atom is 0.213 e. The van der Waals surface area contributed by atoms with Gasteiger partial charge in [0.15, 0.2) is 5.96 Å². The molecule has 0 amide bonds. The SMILES string of the molecule is CCCOc1ccc(CNC(=NC)NC2CCc3nc(C)nn3C2)cn1.I. The van der Waals surface area contributed by atoms with Crippen LogP contribution in [0, 0.1) is 6.92 Å². The lowest BCUT2D eigenvalue weighted by atomic mass is 10.1. The number of guanidine groups is 1. The Morgan fingerprint density at radius 1 is 1.41 bits per heavy atom. The van der Waals surface area contributed by atoms with E-state index < -0.39 is 0 Å². The number of rotatable bonds is 6. The molecule has 148 valence electrons. The summed E-state index contributed by atoms with van der Waals surface area (Å²) in [5.74, 6) is 3.35. The van der Waals surface area contributed by atoms with Gasteiger partial charge in [-0.15, -0.1) is 24.0 Å². The molecule has 3 heterocycles. The lowest BCUT2D eigenvalue weighted by molar-refractivity contribution is 0.305. The highest BCUT2D eigenvalue weighted by atomic mass is 127. The number of fused-ring (bicyclic) bond motifs is 1. The molecule has 2 aromatic heterocycles. The number of nitrogens with zero attached hydrogens (tertiary/aromatic N) is 5. The molecule has 0 saturated carbocycles. The van der Waals surface area contributed by atoms with Crippen molar-refractivity contribution in [3.63, 3.8) is 0 Å². The van der Waals surface area contributed by atoms with Crippen LogP contribution >= 0.6 is 24.0 Å². The summed E-state index contributed by atoms with van der Waals surface area (Å²) < 4.78 is 7.50. The van der Waals surface area contributed by atoms with Gasteiger partial charge in [-0.05, 0) is 25.3 Å². The second kappa shape index (κ2) is 10.4. The van der Waals surface area contributed by atoms with Gasteiger partial charge in [-0.25, -0.2) is 14.6 Å². The molecule has 0 spiro atoms. The maximum atomic E-state index is 5.51. The van der Waals surface area contributed by atoms with Gasteiger partial charge in [-0.1, -0.05) is 13.0 Å².